The number of carbonyl (C=O) groups excluding carboxylic acids is 1. The van der Waals surface area contributed by atoms with Crippen molar-refractivity contribution in [1.82, 2.24) is 10.0 Å². The SMILES string of the molecule is C=CCNC(=O)c1cccc(S(=O)(=O)NCCSc2ccc(Cl)cc2)c1. The van der Waals surface area contributed by atoms with Crippen molar-refractivity contribution in [3.63, 3.8) is 0 Å². The fraction of sp³-hybridized carbons (Fsp3) is 0.167. The molecule has 0 radical (unpaired) electrons. The molecule has 0 heterocycles. The van der Waals surface area contributed by atoms with Gasteiger partial charge >= 0.3 is 0 Å². The number of rotatable bonds is 9. The molecule has 0 spiro atoms. The van der Waals surface area contributed by atoms with E-state index in [2.05, 4.69) is 16.6 Å². The van der Waals surface area contributed by atoms with Gasteiger partial charge in [-0.05, 0) is 42.5 Å². The average Bonchev–Trinajstić information content (AvgIpc) is 2.65. The third-order valence-electron chi connectivity index (χ3n) is 3.29. The molecule has 26 heavy (non-hydrogen) atoms. The Morgan fingerprint density at radius 2 is 1.92 bits per heavy atom. The summed E-state index contributed by atoms with van der Waals surface area (Å²) < 4.78 is 27.3. The van der Waals surface area contributed by atoms with Crippen molar-refractivity contribution in [3.05, 3.63) is 71.8 Å². The molecule has 0 bridgehead atoms. The first kappa shape index (κ1) is 20.5. The molecule has 1 amide bonds. The second-order valence-electron chi connectivity index (χ2n) is 5.23. The van der Waals surface area contributed by atoms with Gasteiger partial charge in [0.2, 0.25) is 10.0 Å². The highest BCUT2D eigenvalue weighted by Crippen LogP contribution is 2.20. The Balaban J connectivity index is 1.93. The van der Waals surface area contributed by atoms with Crippen LogP contribution >= 0.6 is 23.4 Å². The molecule has 2 aromatic carbocycles. The number of thioether (sulfide) groups is 1. The highest BCUT2D eigenvalue weighted by atomic mass is 35.5. The van der Waals surface area contributed by atoms with Crippen molar-refractivity contribution in [2.45, 2.75) is 9.79 Å². The molecule has 0 aliphatic rings. The fourth-order valence-corrected chi connectivity index (χ4v) is 4.13. The van der Waals surface area contributed by atoms with Crippen LogP contribution in [0.4, 0.5) is 0 Å². The van der Waals surface area contributed by atoms with Crippen LogP contribution in [0.2, 0.25) is 5.02 Å². The largest absolute Gasteiger partial charge is 0.349 e. The summed E-state index contributed by atoms with van der Waals surface area (Å²) in [6.45, 7) is 4.10. The molecule has 2 N–H and O–H groups in total. The van der Waals surface area contributed by atoms with E-state index in [1.807, 2.05) is 12.1 Å². The first-order valence-electron chi connectivity index (χ1n) is 7.79. The molecule has 2 aromatic rings. The van der Waals surface area contributed by atoms with Gasteiger partial charge in [-0.25, -0.2) is 13.1 Å². The normalized spacial score (nSPS) is 11.1. The van der Waals surface area contributed by atoms with Crippen LogP contribution in [0.3, 0.4) is 0 Å². The molecule has 138 valence electrons. The molecule has 0 saturated heterocycles. The Labute approximate surface area is 162 Å². The maximum Gasteiger partial charge on any atom is 0.251 e. The zero-order valence-corrected chi connectivity index (χ0v) is 16.3. The Kier molecular flexibility index (Phi) is 7.71. The van der Waals surface area contributed by atoms with E-state index in [9.17, 15) is 13.2 Å². The number of halogens is 1. The van der Waals surface area contributed by atoms with Crippen LogP contribution in [0.15, 0.2) is 71.0 Å². The van der Waals surface area contributed by atoms with E-state index in [0.717, 1.165) is 4.90 Å². The first-order valence-corrected chi connectivity index (χ1v) is 10.6. The molecule has 0 fully saturated rings. The number of hydrogen-bond acceptors (Lipinski definition) is 4. The van der Waals surface area contributed by atoms with Crippen LogP contribution < -0.4 is 10.0 Å². The molecule has 0 aromatic heterocycles. The van der Waals surface area contributed by atoms with Gasteiger partial charge < -0.3 is 5.32 Å². The number of benzene rings is 2. The molecule has 0 atom stereocenters. The standard InChI is InChI=1S/C18H19ClN2O3S2/c1-2-10-20-18(22)14-4-3-5-17(13-14)26(23,24)21-11-12-25-16-8-6-15(19)7-9-16/h2-9,13,21H,1,10-12H2,(H,20,22). The quantitative estimate of drug-likeness (QED) is 0.377. The van der Waals surface area contributed by atoms with Gasteiger partial charge in [0, 0.05) is 34.3 Å². The molecule has 2 rings (SSSR count). The summed E-state index contributed by atoms with van der Waals surface area (Å²) in [5.41, 5.74) is 0.283. The summed E-state index contributed by atoms with van der Waals surface area (Å²) in [6.07, 6.45) is 1.55. The molecule has 0 aliphatic carbocycles. The maximum absolute atomic E-state index is 12.4. The predicted molar refractivity (Wildman–Crippen MR) is 106 cm³/mol. The number of amides is 1. The van der Waals surface area contributed by atoms with E-state index >= 15 is 0 Å². The lowest BCUT2D eigenvalue weighted by Gasteiger charge is -2.08. The number of nitrogens with one attached hydrogen (secondary N) is 2. The minimum Gasteiger partial charge on any atom is -0.349 e. The Hall–Kier alpha value is -1.80. The third kappa shape index (κ3) is 6.17. The van der Waals surface area contributed by atoms with E-state index in [-0.39, 0.29) is 22.9 Å². The lowest BCUT2D eigenvalue weighted by molar-refractivity contribution is 0.0958. The molecule has 8 heteroatoms. The van der Waals surface area contributed by atoms with Crippen molar-refractivity contribution in [2.75, 3.05) is 18.8 Å². The first-order chi connectivity index (χ1) is 12.4. The topological polar surface area (TPSA) is 75.3 Å². The molecule has 0 unspecified atom stereocenters. The van der Waals surface area contributed by atoms with Gasteiger partial charge in [-0.3, -0.25) is 4.79 Å². The second-order valence-corrected chi connectivity index (χ2v) is 8.60. The van der Waals surface area contributed by atoms with E-state index < -0.39 is 10.0 Å². The summed E-state index contributed by atoms with van der Waals surface area (Å²) in [4.78, 5) is 13.0. The van der Waals surface area contributed by atoms with Crippen LogP contribution in [-0.2, 0) is 10.0 Å². The number of carbonyl (C=O) groups is 1. The van der Waals surface area contributed by atoms with Gasteiger partial charge in [0.25, 0.3) is 5.91 Å². The van der Waals surface area contributed by atoms with Crippen molar-refractivity contribution in [1.29, 1.82) is 0 Å². The minimum atomic E-state index is -3.68. The monoisotopic (exact) mass is 410 g/mol. The van der Waals surface area contributed by atoms with Crippen LogP contribution in [0, 0.1) is 0 Å². The lowest BCUT2D eigenvalue weighted by Crippen LogP contribution is -2.27. The highest BCUT2D eigenvalue weighted by Gasteiger charge is 2.15. The summed E-state index contributed by atoms with van der Waals surface area (Å²) >= 11 is 7.35. The number of hydrogen-bond donors (Lipinski definition) is 2. The van der Waals surface area contributed by atoms with Gasteiger partial charge in [0.15, 0.2) is 0 Å². The number of sulfonamides is 1. The van der Waals surface area contributed by atoms with Crippen molar-refractivity contribution in [3.8, 4) is 0 Å². The Morgan fingerprint density at radius 1 is 1.19 bits per heavy atom. The molecular formula is C18H19ClN2O3S2. The minimum absolute atomic E-state index is 0.0558. The molecule has 5 nitrogen and oxygen atoms in total. The Morgan fingerprint density at radius 3 is 2.62 bits per heavy atom. The van der Waals surface area contributed by atoms with Gasteiger partial charge in [0.05, 0.1) is 4.90 Å². The van der Waals surface area contributed by atoms with Gasteiger partial charge in [-0.15, -0.1) is 18.3 Å². The third-order valence-corrected chi connectivity index (χ3v) is 6.01. The van der Waals surface area contributed by atoms with E-state index in [1.165, 1.54) is 23.9 Å². The summed E-state index contributed by atoms with van der Waals surface area (Å²) in [5.74, 6) is 0.223. The van der Waals surface area contributed by atoms with Crippen LogP contribution in [-0.4, -0.2) is 33.2 Å². The molecule has 0 aliphatic heterocycles. The van der Waals surface area contributed by atoms with Crippen molar-refractivity contribution >= 4 is 39.3 Å². The smallest absolute Gasteiger partial charge is 0.251 e. The summed E-state index contributed by atoms with van der Waals surface area (Å²) in [5, 5.41) is 3.28. The molecular weight excluding hydrogens is 392 g/mol. The zero-order valence-electron chi connectivity index (χ0n) is 13.9. The van der Waals surface area contributed by atoms with Crippen molar-refractivity contribution in [2.24, 2.45) is 0 Å². The second kappa shape index (κ2) is 9.78. The Bertz CT molecular complexity index is 868. The predicted octanol–water partition coefficient (Wildman–Crippen LogP) is 3.33. The van der Waals surface area contributed by atoms with Crippen LogP contribution in [0.5, 0.6) is 0 Å². The summed E-state index contributed by atoms with van der Waals surface area (Å²) in [6, 6.07) is 13.3. The van der Waals surface area contributed by atoms with Gasteiger partial charge in [-0.2, -0.15) is 0 Å². The summed E-state index contributed by atoms with van der Waals surface area (Å²) in [7, 11) is -3.68. The highest BCUT2D eigenvalue weighted by molar-refractivity contribution is 7.99. The average molecular weight is 411 g/mol. The zero-order chi connectivity index (χ0) is 19.0. The van der Waals surface area contributed by atoms with E-state index in [0.29, 0.717) is 17.3 Å². The van der Waals surface area contributed by atoms with E-state index in [1.54, 1.807) is 30.3 Å². The van der Waals surface area contributed by atoms with E-state index in [4.69, 9.17) is 11.6 Å². The molecule has 0 saturated carbocycles. The van der Waals surface area contributed by atoms with Gasteiger partial charge in [0.1, 0.15) is 0 Å². The van der Waals surface area contributed by atoms with Gasteiger partial charge in [-0.1, -0.05) is 23.7 Å². The van der Waals surface area contributed by atoms with Crippen molar-refractivity contribution < 1.29 is 13.2 Å². The lowest BCUT2D eigenvalue weighted by atomic mass is 10.2. The maximum atomic E-state index is 12.4. The van der Waals surface area contributed by atoms with Crippen LogP contribution in [0.1, 0.15) is 10.4 Å². The fourth-order valence-electron chi connectivity index (χ4n) is 2.03. The van der Waals surface area contributed by atoms with Crippen LogP contribution in [0.25, 0.3) is 0 Å².